The standard InChI is InChI=1S/C15H16BrNOS2/c1-11-8-13(16)2-3-14(11)20-10-15(18)17-6-4-12-5-7-19-9-12/h2-3,5,7-9H,4,6,10H2,1H3,(H,17,18). The Morgan fingerprint density at radius 1 is 1.40 bits per heavy atom. The molecule has 0 unspecified atom stereocenters. The zero-order valence-electron chi connectivity index (χ0n) is 11.2. The second-order valence-electron chi connectivity index (χ2n) is 4.43. The van der Waals surface area contributed by atoms with Crippen LogP contribution < -0.4 is 5.32 Å². The van der Waals surface area contributed by atoms with Crippen molar-refractivity contribution in [3.63, 3.8) is 0 Å². The van der Waals surface area contributed by atoms with Crippen molar-refractivity contribution >= 4 is 44.9 Å². The quantitative estimate of drug-likeness (QED) is 0.770. The molecule has 0 bridgehead atoms. The van der Waals surface area contributed by atoms with Gasteiger partial charge in [-0.25, -0.2) is 0 Å². The van der Waals surface area contributed by atoms with Crippen molar-refractivity contribution < 1.29 is 4.79 Å². The maximum absolute atomic E-state index is 11.8. The molecule has 0 spiro atoms. The Labute approximate surface area is 136 Å². The number of rotatable bonds is 6. The second-order valence-corrected chi connectivity index (χ2v) is 7.14. The number of aryl methyl sites for hydroxylation is 1. The van der Waals surface area contributed by atoms with Crippen LogP contribution in [-0.2, 0) is 11.2 Å². The summed E-state index contributed by atoms with van der Waals surface area (Å²) in [6, 6.07) is 8.21. The van der Waals surface area contributed by atoms with Gasteiger partial charge in [0.05, 0.1) is 5.75 Å². The van der Waals surface area contributed by atoms with Crippen molar-refractivity contribution in [3.8, 4) is 0 Å². The number of carbonyl (C=O) groups is 1. The predicted molar refractivity (Wildman–Crippen MR) is 90.6 cm³/mol. The number of hydrogen-bond donors (Lipinski definition) is 1. The highest BCUT2D eigenvalue weighted by atomic mass is 79.9. The van der Waals surface area contributed by atoms with E-state index in [0.29, 0.717) is 12.3 Å². The molecule has 1 aromatic carbocycles. The molecule has 0 aliphatic heterocycles. The summed E-state index contributed by atoms with van der Waals surface area (Å²) in [5.74, 6) is 0.555. The van der Waals surface area contributed by atoms with Gasteiger partial charge >= 0.3 is 0 Å². The number of amides is 1. The fourth-order valence-electron chi connectivity index (χ4n) is 1.75. The van der Waals surface area contributed by atoms with Crippen LogP contribution in [0, 0.1) is 6.92 Å². The highest BCUT2D eigenvalue weighted by Gasteiger charge is 2.05. The Bertz CT molecular complexity index is 569. The van der Waals surface area contributed by atoms with E-state index >= 15 is 0 Å². The van der Waals surface area contributed by atoms with Crippen molar-refractivity contribution in [2.45, 2.75) is 18.2 Å². The summed E-state index contributed by atoms with van der Waals surface area (Å²) in [7, 11) is 0. The van der Waals surface area contributed by atoms with E-state index in [4.69, 9.17) is 0 Å². The molecule has 1 aromatic heterocycles. The fraction of sp³-hybridized carbons (Fsp3) is 0.267. The van der Waals surface area contributed by atoms with Crippen LogP contribution in [0.2, 0.25) is 0 Å². The van der Waals surface area contributed by atoms with E-state index in [-0.39, 0.29) is 5.91 Å². The summed E-state index contributed by atoms with van der Waals surface area (Å²) in [4.78, 5) is 12.9. The first kappa shape index (κ1) is 15.6. The lowest BCUT2D eigenvalue weighted by molar-refractivity contribution is -0.118. The molecule has 1 N–H and O–H groups in total. The fourth-order valence-corrected chi connectivity index (χ4v) is 3.77. The third-order valence-electron chi connectivity index (χ3n) is 2.81. The number of hydrogen-bond acceptors (Lipinski definition) is 3. The maximum atomic E-state index is 11.8. The van der Waals surface area contributed by atoms with E-state index in [9.17, 15) is 4.79 Å². The van der Waals surface area contributed by atoms with E-state index in [1.165, 1.54) is 11.1 Å². The lowest BCUT2D eigenvalue weighted by Crippen LogP contribution is -2.27. The molecule has 2 rings (SSSR count). The summed E-state index contributed by atoms with van der Waals surface area (Å²) in [5.41, 5.74) is 2.47. The molecule has 2 aromatic rings. The van der Waals surface area contributed by atoms with Crippen LogP contribution in [0.1, 0.15) is 11.1 Å². The number of nitrogens with one attached hydrogen (secondary N) is 1. The SMILES string of the molecule is Cc1cc(Br)ccc1SCC(=O)NCCc1ccsc1. The van der Waals surface area contributed by atoms with Gasteiger partial charge in [0.1, 0.15) is 0 Å². The number of benzene rings is 1. The van der Waals surface area contributed by atoms with E-state index < -0.39 is 0 Å². The van der Waals surface area contributed by atoms with Gasteiger partial charge in [-0.3, -0.25) is 4.79 Å². The molecule has 0 saturated heterocycles. The molecule has 1 heterocycles. The van der Waals surface area contributed by atoms with Gasteiger partial charge in [-0.15, -0.1) is 11.8 Å². The molecule has 2 nitrogen and oxygen atoms in total. The third kappa shape index (κ3) is 4.96. The van der Waals surface area contributed by atoms with Crippen molar-refractivity contribution in [1.82, 2.24) is 5.32 Å². The molecule has 0 aliphatic rings. The predicted octanol–water partition coefficient (Wildman–Crippen LogP) is 4.27. The molecule has 0 radical (unpaired) electrons. The van der Waals surface area contributed by atoms with Gasteiger partial charge in [-0.2, -0.15) is 11.3 Å². The minimum Gasteiger partial charge on any atom is -0.355 e. The number of thioether (sulfide) groups is 1. The van der Waals surface area contributed by atoms with Crippen molar-refractivity contribution in [2.75, 3.05) is 12.3 Å². The normalized spacial score (nSPS) is 10.5. The average Bonchev–Trinajstić information content (AvgIpc) is 2.91. The molecule has 0 saturated carbocycles. The van der Waals surface area contributed by atoms with E-state index in [1.54, 1.807) is 23.1 Å². The summed E-state index contributed by atoms with van der Waals surface area (Å²) in [6.45, 7) is 2.76. The topological polar surface area (TPSA) is 29.1 Å². The summed E-state index contributed by atoms with van der Waals surface area (Å²) >= 11 is 6.71. The molecule has 1 amide bonds. The molecule has 0 fully saturated rings. The number of halogens is 1. The summed E-state index contributed by atoms with van der Waals surface area (Å²) in [5, 5.41) is 7.13. The lowest BCUT2D eigenvalue weighted by atomic mass is 10.2. The molecular weight excluding hydrogens is 354 g/mol. The van der Waals surface area contributed by atoms with Crippen molar-refractivity contribution in [1.29, 1.82) is 0 Å². The molecule has 20 heavy (non-hydrogen) atoms. The molecule has 0 aliphatic carbocycles. The van der Waals surface area contributed by atoms with Crippen LogP contribution in [0.4, 0.5) is 0 Å². The number of thiophene rings is 1. The molecule has 5 heteroatoms. The highest BCUT2D eigenvalue weighted by Crippen LogP contribution is 2.25. The van der Waals surface area contributed by atoms with E-state index in [2.05, 4.69) is 51.1 Å². The first-order valence-electron chi connectivity index (χ1n) is 6.32. The van der Waals surface area contributed by atoms with E-state index in [0.717, 1.165) is 15.8 Å². The van der Waals surface area contributed by atoms with Gasteiger partial charge < -0.3 is 5.32 Å². The van der Waals surface area contributed by atoms with Crippen LogP contribution in [0.5, 0.6) is 0 Å². The number of carbonyl (C=O) groups excluding carboxylic acids is 1. The van der Waals surface area contributed by atoms with Gasteiger partial charge in [0.25, 0.3) is 0 Å². The van der Waals surface area contributed by atoms with Gasteiger partial charge in [-0.05, 0) is 59.5 Å². The second kappa shape index (κ2) is 7.86. The lowest BCUT2D eigenvalue weighted by Gasteiger charge is -2.07. The van der Waals surface area contributed by atoms with Crippen LogP contribution in [-0.4, -0.2) is 18.2 Å². The van der Waals surface area contributed by atoms with Crippen LogP contribution in [0.15, 0.2) is 44.4 Å². The summed E-state index contributed by atoms with van der Waals surface area (Å²) in [6.07, 6.45) is 0.900. The highest BCUT2D eigenvalue weighted by molar-refractivity contribution is 9.10. The Balaban J connectivity index is 1.72. The first-order chi connectivity index (χ1) is 9.65. The Morgan fingerprint density at radius 3 is 2.95 bits per heavy atom. The van der Waals surface area contributed by atoms with Gasteiger partial charge in [0.2, 0.25) is 5.91 Å². The Morgan fingerprint density at radius 2 is 2.25 bits per heavy atom. The molecule has 106 valence electrons. The maximum Gasteiger partial charge on any atom is 0.230 e. The Hall–Kier alpha value is -0.780. The van der Waals surface area contributed by atoms with Gasteiger partial charge in [0, 0.05) is 15.9 Å². The Kier molecular flexibility index (Phi) is 6.13. The third-order valence-corrected chi connectivity index (χ3v) is 5.21. The van der Waals surface area contributed by atoms with Crippen molar-refractivity contribution in [2.24, 2.45) is 0 Å². The van der Waals surface area contributed by atoms with Crippen LogP contribution in [0.3, 0.4) is 0 Å². The largest absolute Gasteiger partial charge is 0.355 e. The first-order valence-corrected chi connectivity index (χ1v) is 9.04. The zero-order chi connectivity index (χ0) is 14.4. The minimum atomic E-state index is 0.0903. The van der Waals surface area contributed by atoms with Gasteiger partial charge in [-0.1, -0.05) is 15.9 Å². The van der Waals surface area contributed by atoms with Gasteiger partial charge in [0.15, 0.2) is 0 Å². The summed E-state index contributed by atoms with van der Waals surface area (Å²) < 4.78 is 1.07. The van der Waals surface area contributed by atoms with Crippen LogP contribution in [0.25, 0.3) is 0 Å². The minimum absolute atomic E-state index is 0.0903. The van der Waals surface area contributed by atoms with E-state index in [1.807, 2.05) is 12.1 Å². The zero-order valence-corrected chi connectivity index (χ0v) is 14.4. The molecule has 0 atom stereocenters. The average molecular weight is 370 g/mol. The van der Waals surface area contributed by atoms with Crippen molar-refractivity contribution in [3.05, 3.63) is 50.6 Å². The molecular formula is C15H16BrNOS2. The smallest absolute Gasteiger partial charge is 0.230 e. The van der Waals surface area contributed by atoms with Crippen LogP contribution >= 0.6 is 39.0 Å². The monoisotopic (exact) mass is 369 g/mol.